The Labute approximate surface area is 268 Å². The summed E-state index contributed by atoms with van der Waals surface area (Å²) >= 11 is 0. The van der Waals surface area contributed by atoms with Gasteiger partial charge in [0.2, 0.25) is 0 Å². The van der Waals surface area contributed by atoms with Gasteiger partial charge in [-0.1, -0.05) is 89.8 Å². The zero-order chi connectivity index (χ0) is 31.4. The summed E-state index contributed by atoms with van der Waals surface area (Å²) < 4.78 is 40.8. The molecule has 0 saturated heterocycles. The fourth-order valence-corrected chi connectivity index (χ4v) is 9.52. The number of hydrogen-bond donors (Lipinski definition) is 0. The first-order valence-corrected chi connectivity index (χ1v) is 18.8. The van der Waals surface area contributed by atoms with E-state index in [1.54, 1.807) is 0 Å². The van der Waals surface area contributed by atoms with Crippen molar-refractivity contribution in [3.8, 4) is 5.75 Å². The number of unbranched alkanes of at least 4 members (excludes halogenated alkanes) is 1. The Balaban J connectivity index is 0.000000215. The lowest BCUT2D eigenvalue weighted by Crippen LogP contribution is -2.25. The van der Waals surface area contributed by atoms with Crippen LogP contribution in [0.3, 0.4) is 0 Å². The Hall–Kier alpha value is -1.45. The Kier molecular flexibility index (Phi) is 14.5. The minimum atomic E-state index is -4.62. The van der Waals surface area contributed by atoms with Crippen LogP contribution in [0.4, 0.5) is 13.2 Å². The summed E-state index contributed by atoms with van der Waals surface area (Å²) in [5, 5.41) is 0. The average Bonchev–Trinajstić information content (AvgIpc) is 3.05. The van der Waals surface area contributed by atoms with Crippen LogP contribution in [0.2, 0.25) is 0 Å². The summed E-state index contributed by atoms with van der Waals surface area (Å²) in [6.45, 7) is 8.57. The minimum Gasteiger partial charge on any atom is -0.406 e. The van der Waals surface area contributed by atoms with E-state index in [4.69, 9.17) is 0 Å². The van der Waals surface area contributed by atoms with Gasteiger partial charge in [-0.05, 0) is 142 Å². The molecule has 0 N–H and O–H groups in total. The van der Waals surface area contributed by atoms with E-state index in [9.17, 15) is 13.2 Å². The molecule has 1 aromatic carbocycles. The number of halogens is 3. The van der Waals surface area contributed by atoms with Crippen LogP contribution in [0.15, 0.2) is 36.9 Å². The van der Waals surface area contributed by atoms with E-state index in [0.717, 1.165) is 47.0 Å². The molecule has 0 unspecified atom stereocenters. The molecule has 0 aromatic heterocycles. The van der Waals surface area contributed by atoms with Gasteiger partial charge in [0.25, 0.3) is 0 Å². The molecule has 0 aliphatic heterocycles. The van der Waals surface area contributed by atoms with Gasteiger partial charge in [0.1, 0.15) is 5.75 Å². The molecule has 0 atom stereocenters. The third-order valence-electron chi connectivity index (χ3n) is 12.3. The van der Waals surface area contributed by atoms with E-state index in [2.05, 4.69) is 31.2 Å². The van der Waals surface area contributed by atoms with Crippen molar-refractivity contribution < 1.29 is 17.9 Å². The molecule has 1 aromatic rings. The molecule has 0 spiro atoms. The van der Waals surface area contributed by atoms with Crippen LogP contribution >= 0.6 is 0 Å². The lowest BCUT2D eigenvalue weighted by atomic mass is 9.68. The number of benzene rings is 1. The van der Waals surface area contributed by atoms with E-state index in [1.165, 1.54) is 147 Å². The van der Waals surface area contributed by atoms with E-state index in [-0.39, 0.29) is 5.75 Å². The number of ether oxygens (including phenoxy) is 1. The summed E-state index contributed by atoms with van der Waals surface area (Å²) in [4.78, 5) is 0. The Morgan fingerprint density at radius 3 is 1.52 bits per heavy atom. The lowest BCUT2D eigenvalue weighted by Gasteiger charge is -2.38. The Morgan fingerprint density at radius 1 is 0.636 bits per heavy atom. The summed E-state index contributed by atoms with van der Waals surface area (Å²) in [6, 6.07) is 6.51. The molecule has 4 saturated carbocycles. The molecule has 250 valence electrons. The van der Waals surface area contributed by atoms with Crippen molar-refractivity contribution >= 4 is 0 Å². The summed E-state index contributed by atoms with van der Waals surface area (Å²) in [5.41, 5.74) is 1.16. The van der Waals surface area contributed by atoms with Gasteiger partial charge in [-0.15, -0.1) is 19.8 Å². The van der Waals surface area contributed by atoms with Crippen LogP contribution < -0.4 is 4.74 Å². The van der Waals surface area contributed by atoms with Crippen molar-refractivity contribution in [3.63, 3.8) is 0 Å². The summed E-state index contributed by atoms with van der Waals surface area (Å²) in [6.07, 6.45) is 27.1. The zero-order valence-corrected chi connectivity index (χ0v) is 28.1. The number of allylic oxidation sites excluding steroid dienone is 1. The van der Waals surface area contributed by atoms with Crippen molar-refractivity contribution in [1.82, 2.24) is 0 Å². The van der Waals surface area contributed by atoms with E-state index in [1.807, 2.05) is 12.1 Å². The van der Waals surface area contributed by atoms with Gasteiger partial charge in [-0.2, -0.15) is 0 Å². The van der Waals surface area contributed by atoms with Crippen molar-refractivity contribution in [2.24, 2.45) is 41.4 Å². The van der Waals surface area contributed by atoms with Crippen LogP contribution in [-0.2, 0) is 0 Å². The number of hydrogen-bond acceptors (Lipinski definition) is 1. The smallest absolute Gasteiger partial charge is 0.406 e. The molecular formula is C40H63F3O. The molecule has 1 nitrogen and oxygen atoms in total. The third kappa shape index (κ3) is 11.4. The fraction of sp³-hybridized carbons (Fsp3) is 0.800. The molecule has 0 heterocycles. The SMILES string of the molecule is C=CC1CCC(C2CCC(CCCC)CC2)CC1.CCCC1CCC(C2CCC(c3ccc(OC(F)(F)F)cc3)CC2)CC1. The molecule has 4 aliphatic carbocycles. The van der Waals surface area contributed by atoms with Crippen molar-refractivity contribution in [2.75, 3.05) is 0 Å². The molecule has 0 radical (unpaired) electrons. The first kappa shape index (κ1) is 35.4. The van der Waals surface area contributed by atoms with Crippen LogP contribution in [0.25, 0.3) is 0 Å². The maximum atomic E-state index is 12.3. The quantitative estimate of drug-likeness (QED) is 0.238. The molecule has 0 bridgehead atoms. The van der Waals surface area contributed by atoms with Gasteiger partial charge in [0.15, 0.2) is 0 Å². The molecule has 5 rings (SSSR count). The van der Waals surface area contributed by atoms with Crippen LogP contribution in [0.1, 0.15) is 160 Å². The molecule has 44 heavy (non-hydrogen) atoms. The Bertz CT molecular complexity index is 907. The zero-order valence-electron chi connectivity index (χ0n) is 28.1. The first-order valence-electron chi connectivity index (χ1n) is 18.8. The standard InChI is InChI=1S/C22H31F3O.C18H32/c1-2-3-16-4-6-17(7-5-16)18-8-10-19(11-9-18)20-12-14-21(15-13-20)26-22(23,24)25;1-3-5-6-16-9-13-18(14-10-16)17-11-7-15(4-2)8-12-17/h12-19H,2-11H2,1H3;4,15-18H,2-3,5-14H2,1H3. The molecular weight excluding hydrogens is 553 g/mol. The predicted molar refractivity (Wildman–Crippen MR) is 179 cm³/mol. The molecule has 4 heteroatoms. The first-order chi connectivity index (χ1) is 21.3. The summed E-state index contributed by atoms with van der Waals surface area (Å²) in [7, 11) is 0. The van der Waals surface area contributed by atoms with Gasteiger partial charge in [0.05, 0.1) is 0 Å². The van der Waals surface area contributed by atoms with Gasteiger partial charge >= 0.3 is 6.36 Å². The molecule has 4 aliphatic rings. The summed E-state index contributed by atoms with van der Waals surface area (Å²) in [5.74, 6) is 7.15. The van der Waals surface area contributed by atoms with Gasteiger partial charge in [0, 0.05) is 0 Å². The normalized spacial score (nSPS) is 33.1. The third-order valence-corrected chi connectivity index (χ3v) is 12.3. The lowest BCUT2D eigenvalue weighted by molar-refractivity contribution is -0.274. The van der Waals surface area contributed by atoms with Crippen molar-refractivity contribution in [2.45, 2.75) is 161 Å². The largest absolute Gasteiger partial charge is 0.573 e. The Morgan fingerprint density at radius 2 is 1.09 bits per heavy atom. The topological polar surface area (TPSA) is 9.23 Å². The van der Waals surface area contributed by atoms with Crippen molar-refractivity contribution in [3.05, 3.63) is 42.5 Å². The van der Waals surface area contributed by atoms with Gasteiger partial charge in [-0.25, -0.2) is 0 Å². The predicted octanol–water partition coefficient (Wildman–Crippen LogP) is 13.4. The minimum absolute atomic E-state index is 0.126. The fourth-order valence-electron chi connectivity index (χ4n) is 9.52. The van der Waals surface area contributed by atoms with E-state index in [0.29, 0.717) is 5.92 Å². The number of alkyl halides is 3. The highest BCUT2D eigenvalue weighted by Gasteiger charge is 2.33. The average molecular weight is 617 g/mol. The van der Waals surface area contributed by atoms with Crippen molar-refractivity contribution in [1.29, 1.82) is 0 Å². The highest BCUT2D eigenvalue weighted by molar-refractivity contribution is 5.30. The van der Waals surface area contributed by atoms with Crippen LogP contribution in [0.5, 0.6) is 5.75 Å². The van der Waals surface area contributed by atoms with E-state index >= 15 is 0 Å². The van der Waals surface area contributed by atoms with E-state index < -0.39 is 6.36 Å². The van der Waals surface area contributed by atoms with Crippen LogP contribution in [0, 0.1) is 41.4 Å². The highest BCUT2D eigenvalue weighted by atomic mass is 19.4. The monoisotopic (exact) mass is 616 g/mol. The van der Waals surface area contributed by atoms with Crippen LogP contribution in [-0.4, -0.2) is 6.36 Å². The molecule has 4 fully saturated rings. The van der Waals surface area contributed by atoms with Gasteiger partial charge < -0.3 is 4.74 Å². The maximum Gasteiger partial charge on any atom is 0.573 e. The number of rotatable bonds is 10. The maximum absolute atomic E-state index is 12.3. The second-order valence-electron chi connectivity index (χ2n) is 15.1. The second-order valence-corrected chi connectivity index (χ2v) is 15.1. The molecule has 0 amide bonds. The highest BCUT2D eigenvalue weighted by Crippen LogP contribution is 2.45. The van der Waals surface area contributed by atoms with Gasteiger partial charge in [-0.3, -0.25) is 0 Å². The second kappa shape index (κ2) is 18.0.